The number of aromatic amines is 1. The molecule has 4 rings (SSSR count). The maximum Gasteiger partial charge on any atom is 0.280 e. The number of fused-ring (bicyclic) bond motifs is 3. The zero-order chi connectivity index (χ0) is 15.5. The van der Waals surface area contributed by atoms with Gasteiger partial charge >= 0.3 is 0 Å². The molecule has 0 aromatic carbocycles. The second-order valence-corrected chi connectivity index (χ2v) is 6.00. The van der Waals surface area contributed by atoms with E-state index in [9.17, 15) is 15.0 Å². The lowest BCUT2D eigenvalue weighted by Crippen LogP contribution is -2.39. The highest BCUT2D eigenvalue weighted by atomic mass is 16.5. The molecule has 2 fully saturated rings. The average molecular weight is 307 g/mol. The van der Waals surface area contributed by atoms with Crippen molar-refractivity contribution in [2.45, 2.75) is 24.7 Å². The van der Waals surface area contributed by atoms with Gasteiger partial charge in [0.2, 0.25) is 5.95 Å². The highest BCUT2D eigenvalue weighted by molar-refractivity contribution is 5.70. The lowest BCUT2D eigenvalue weighted by atomic mass is 9.89. The number of anilines is 1. The van der Waals surface area contributed by atoms with E-state index in [0.717, 1.165) is 6.42 Å². The first-order chi connectivity index (χ1) is 10.6. The van der Waals surface area contributed by atoms with Crippen LogP contribution in [0.15, 0.2) is 11.1 Å². The molecule has 5 N–H and O–H groups in total. The standard InChI is InChI=1S/C13H17N5O4/c14-12-16-9-8(10(21)17-12)15-5-18(9)11-6-1-2-13(4-20,22-11)7(6)3-19/h5-7,11,19-20H,1-4H2,(H3,14,16,17,21)/t6-,7?,11-,13-/m1/s1. The third kappa shape index (κ3) is 1.61. The first kappa shape index (κ1) is 13.7. The SMILES string of the molecule is Nc1nc2c(ncn2[C@@H]2O[C@@]3(CO)CC[C@@H]2C3CO)c(=O)[nH]1. The molecule has 2 bridgehead atoms. The molecule has 1 saturated heterocycles. The number of nitrogens with two attached hydrogens (primary N) is 1. The van der Waals surface area contributed by atoms with Crippen LogP contribution in [-0.2, 0) is 4.74 Å². The molecule has 22 heavy (non-hydrogen) atoms. The van der Waals surface area contributed by atoms with Gasteiger partial charge in [0.15, 0.2) is 11.2 Å². The van der Waals surface area contributed by atoms with Gasteiger partial charge in [-0.05, 0) is 12.8 Å². The molecule has 0 amide bonds. The number of nitrogen functional groups attached to an aromatic ring is 1. The van der Waals surface area contributed by atoms with E-state index < -0.39 is 17.4 Å². The van der Waals surface area contributed by atoms with E-state index in [0.29, 0.717) is 12.1 Å². The monoisotopic (exact) mass is 307 g/mol. The highest BCUT2D eigenvalue weighted by Gasteiger charge is 2.59. The zero-order valence-corrected chi connectivity index (χ0v) is 11.8. The van der Waals surface area contributed by atoms with Gasteiger partial charge in [-0.1, -0.05) is 0 Å². The number of H-pyrrole nitrogens is 1. The number of rotatable bonds is 3. The number of nitrogens with zero attached hydrogens (tertiary/aromatic N) is 3. The van der Waals surface area contributed by atoms with Crippen molar-refractivity contribution in [3.05, 3.63) is 16.7 Å². The van der Waals surface area contributed by atoms with Crippen LogP contribution in [0.1, 0.15) is 19.1 Å². The Balaban J connectivity index is 1.83. The second-order valence-electron chi connectivity index (χ2n) is 6.00. The first-order valence-corrected chi connectivity index (χ1v) is 7.21. The fraction of sp³-hybridized carbons (Fsp3) is 0.615. The second kappa shape index (κ2) is 4.51. The number of ether oxygens (including phenoxy) is 1. The quantitative estimate of drug-likeness (QED) is 0.569. The van der Waals surface area contributed by atoms with Gasteiger partial charge in [-0.25, -0.2) is 4.98 Å². The predicted octanol–water partition coefficient (Wildman–Crippen LogP) is -1.02. The minimum atomic E-state index is -0.729. The summed E-state index contributed by atoms with van der Waals surface area (Å²) in [5, 5.41) is 19.4. The molecule has 9 nitrogen and oxygen atoms in total. The molecule has 1 saturated carbocycles. The van der Waals surface area contributed by atoms with Crippen molar-refractivity contribution in [3.63, 3.8) is 0 Å². The number of nitrogens with one attached hydrogen (secondary N) is 1. The molecule has 118 valence electrons. The van der Waals surface area contributed by atoms with Crippen molar-refractivity contribution in [2.24, 2.45) is 11.8 Å². The molecule has 3 heterocycles. The summed E-state index contributed by atoms with van der Waals surface area (Å²) in [4.78, 5) is 22.5. The van der Waals surface area contributed by atoms with Gasteiger partial charge in [-0.2, -0.15) is 4.98 Å². The normalized spacial score (nSPS) is 33.8. The van der Waals surface area contributed by atoms with E-state index in [4.69, 9.17) is 10.5 Å². The Morgan fingerprint density at radius 3 is 3.05 bits per heavy atom. The van der Waals surface area contributed by atoms with Crippen LogP contribution in [0.4, 0.5) is 5.95 Å². The molecular weight excluding hydrogens is 290 g/mol. The maximum absolute atomic E-state index is 11.9. The number of aromatic nitrogens is 4. The lowest BCUT2D eigenvalue weighted by Gasteiger charge is -2.30. The third-order valence-electron chi connectivity index (χ3n) is 5.00. The van der Waals surface area contributed by atoms with Crippen LogP contribution in [0, 0.1) is 11.8 Å². The van der Waals surface area contributed by atoms with E-state index in [1.54, 1.807) is 4.57 Å². The fourth-order valence-electron chi connectivity index (χ4n) is 3.93. The summed E-state index contributed by atoms with van der Waals surface area (Å²) in [5.41, 5.74) is 5.02. The Bertz CT molecular complexity index is 786. The number of hydrogen-bond donors (Lipinski definition) is 4. The van der Waals surface area contributed by atoms with Crippen molar-refractivity contribution in [1.29, 1.82) is 0 Å². The fourth-order valence-corrected chi connectivity index (χ4v) is 3.93. The molecule has 1 unspecified atom stereocenters. The smallest absolute Gasteiger partial charge is 0.280 e. The summed E-state index contributed by atoms with van der Waals surface area (Å²) in [6, 6.07) is 0. The summed E-state index contributed by atoms with van der Waals surface area (Å²) in [7, 11) is 0. The third-order valence-corrected chi connectivity index (χ3v) is 5.00. The Morgan fingerprint density at radius 1 is 1.55 bits per heavy atom. The van der Waals surface area contributed by atoms with Gasteiger partial charge in [-0.15, -0.1) is 0 Å². The molecule has 0 spiro atoms. The van der Waals surface area contributed by atoms with Gasteiger partial charge in [0.05, 0.1) is 18.5 Å². The number of aliphatic hydroxyl groups is 2. The molecule has 1 aliphatic carbocycles. The van der Waals surface area contributed by atoms with Crippen LogP contribution in [-0.4, -0.2) is 48.5 Å². The number of aliphatic hydroxyl groups excluding tert-OH is 2. The van der Waals surface area contributed by atoms with Crippen molar-refractivity contribution in [3.8, 4) is 0 Å². The van der Waals surface area contributed by atoms with E-state index in [2.05, 4.69) is 15.0 Å². The summed E-state index contributed by atoms with van der Waals surface area (Å²) in [5.74, 6) is -0.0888. The summed E-state index contributed by atoms with van der Waals surface area (Å²) in [6.45, 7) is -0.196. The van der Waals surface area contributed by atoms with Gasteiger partial charge < -0.3 is 20.7 Å². The van der Waals surface area contributed by atoms with Crippen LogP contribution in [0.3, 0.4) is 0 Å². The molecular formula is C13H17N5O4. The van der Waals surface area contributed by atoms with Crippen LogP contribution >= 0.6 is 0 Å². The van der Waals surface area contributed by atoms with Crippen LogP contribution in [0.5, 0.6) is 0 Å². The molecule has 2 aromatic rings. The maximum atomic E-state index is 11.9. The topological polar surface area (TPSA) is 139 Å². The van der Waals surface area contributed by atoms with Gasteiger partial charge in [0, 0.05) is 18.4 Å². The minimum absolute atomic E-state index is 0.0120. The van der Waals surface area contributed by atoms with Crippen molar-refractivity contribution in [2.75, 3.05) is 18.9 Å². The van der Waals surface area contributed by atoms with E-state index in [1.807, 2.05) is 0 Å². The summed E-state index contributed by atoms with van der Waals surface area (Å²) < 4.78 is 7.72. The largest absolute Gasteiger partial charge is 0.396 e. The highest BCUT2D eigenvalue weighted by Crippen LogP contribution is 2.56. The van der Waals surface area contributed by atoms with Crippen LogP contribution < -0.4 is 11.3 Å². The van der Waals surface area contributed by atoms with Crippen LogP contribution in [0.2, 0.25) is 0 Å². The van der Waals surface area contributed by atoms with Crippen LogP contribution in [0.25, 0.3) is 11.2 Å². The molecule has 9 heteroatoms. The van der Waals surface area contributed by atoms with E-state index in [1.165, 1.54) is 6.33 Å². The molecule has 4 atom stereocenters. The van der Waals surface area contributed by atoms with Crippen molar-refractivity contribution >= 4 is 17.1 Å². The number of hydrogen-bond acceptors (Lipinski definition) is 7. The zero-order valence-electron chi connectivity index (χ0n) is 11.8. The lowest BCUT2D eigenvalue weighted by molar-refractivity contribution is -0.132. The molecule has 1 aliphatic heterocycles. The van der Waals surface area contributed by atoms with E-state index >= 15 is 0 Å². The Hall–Kier alpha value is -1.97. The summed E-state index contributed by atoms with van der Waals surface area (Å²) >= 11 is 0. The van der Waals surface area contributed by atoms with Gasteiger partial charge in [0.1, 0.15) is 6.23 Å². The van der Waals surface area contributed by atoms with Gasteiger partial charge in [-0.3, -0.25) is 14.3 Å². The molecule has 0 radical (unpaired) electrons. The molecule has 2 aliphatic rings. The predicted molar refractivity (Wildman–Crippen MR) is 75.8 cm³/mol. The van der Waals surface area contributed by atoms with Crippen molar-refractivity contribution in [1.82, 2.24) is 19.5 Å². The van der Waals surface area contributed by atoms with Crippen molar-refractivity contribution < 1.29 is 14.9 Å². The van der Waals surface area contributed by atoms with E-state index in [-0.39, 0.29) is 36.5 Å². The first-order valence-electron chi connectivity index (χ1n) is 7.21. The number of imidazole rings is 1. The Morgan fingerprint density at radius 2 is 2.36 bits per heavy atom. The minimum Gasteiger partial charge on any atom is -0.396 e. The molecule has 2 aromatic heterocycles. The summed E-state index contributed by atoms with van der Waals surface area (Å²) in [6.07, 6.45) is 2.61. The van der Waals surface area contributed by atoms with Gasteiger partial charge in [0.25, 0.3) is 5.56 Å². The Kier molecular flexibility index (Phi) is 2.80. The Labute approximate surface area is 124 Å². The average Bonchev–Trinajstić information content (AvgIpc) is 3.15.